The topological polar surface area (TPSA) is 28.7 Å². The number of fused-ring (bicyclic) bond motifs is 2. The number of imidazole rings is 1. The van der Waals surface area contributed by atoms with E-state index >= 15 is 0 Å². The highest BCUT2D eigenvalue weighted by molar-refractivity contribution is 6.00. The van der Waals surface area contributed by atoms with Crippen molar-refractivity contribution in [1.29, 1.82) is 0 Å². The molecule has 0 saturated heterocycles. The number of aromatic nitrogens is 2. The van der Waals surface area contributed by atoms with Crippen LogP contribution >= 0.6 is 0 Å². The van der Waals surface area contributed by atoms with Gasteiger partial charge < -0.3 is 4.98 Å². The predicted molar refractivity (Wildman–Crippen MR) is 160 cm³/mol. The Morgan fingerprint density at radius 1 is 0.447 bits per heavy atom. The highest BCUT2D eigenvalue weighted by Crippen LogP contribution is 2.34. The molecule has 0 aliphatic heterocycles. The van der Waals surface area contributed by atoms with Crippen LogP contribution in [0, 0.1) is 6.92 Å². The molecule has 0 amide bonds. The van der Waals surface area contributed by atoms with Crippen molar-refractivity contribution in [2.75, 3.05) is 0 Å². The first-order valence-corrected chi connectivity index (χ1v) is 13.0. The fourth-order valence-corrected chi connectivity index (χ4v) is 5.25. The van der Waals surface area contributed by atoms with Gasteiger partial charge >= 0.3 is 0 Å². The lowest BCUT2D eigenvalue weighted by molar-refractivity contribution is 1.31. The first kappa shape index (κ1) is 22.3. The molecule has 0 atom stereocenters. The lowest BCUT2D eigenvalue weighted by atomic mass is 9.97. The van der Waals surface area contributed by atoms with Gasteiger partial charge in [0.15, 0.2) is 0 Å². The van der Waals surface area contributed by atoms with E-state index in [0.717, 1.165) is 33.9 Å². The quantitative estimate of drug-likeness (QED) is 0.246. The third-order valence-corrected chi connectivity index (χ3v) is 7.26. The van der Waals surface area contributed by atoms with Gasteiger partial charge in [0.05, 0.1) is 11.4 Å². The first-order valence-electron chi connectivity index (χ1n) is 13.0. The third kappa shape index (κ3) is 4.07. The Balaban J connectivity index is 1.26. The largest absolute Gasteiger partial charge is 0.337 e. The smallest absolute Gasteiger partial charge is 0.138 e. The number of hydrogen-bond acceptors (Lipinski definition) is 1. The summed E-state index contributed by atoms with van der Waals surface area (Å²) in [6, 6.07) is 47.4. The number of nitrogens with one attached hydrogen (secondary N) is 1. The highest BCUT2D eigenvalue weighted by Gasteiger charge is 2.15. The Morgan fingerprint density at radius 2 is 1.03 bits per heavy atom. The molecule has 7 rings (SSSR count). The Labute approximate surface area is 222 Å². The molecule has 0 fully saturated rings. The Hall–Kier alpha value is -4.95. The summed E-state index contributed by atoms with van der Waals surface area (Å²) in [7, 11) is 0. The minimum absolute atomic E-state index is 0.870. The summed E-state index contributed by atoms with van der Waals surface area (Å²) in [5.74, 6) is 0.870. The molecule has 1 N–H and O–H groups in total. The van der Waals surface area contributed by atoms with Crippen molar-refractivity contribution in [2.24, 2.45) is 0 Å². The van der Waals surface area contributed by atoms with Crippen molar-refractivity contribution in [1.82, 2.24) is 9.97 Å². The van der Waals surface area contributed by atoms with Crippen molar-refractivity contribution < 1.29 is 0 Å². The van der Waals surface area contributed by atoms with E-state index in [-0.39, 0.29) is 0 Å². The summed E-state index contributed by atoms with van der Waals surface area (Å²) in [6.07, 6.45) is 0. The molecule has 1 aromatic heterocycles. The van der Waals surface area contributed by atoms with Crippen LogP contribution in [-0.4, -0.2) is 9.97 Å². The number of nitrogens with zero attached hydrogens (tertiary/aromatic N) is 1. The molecule has 0 saturated carbocycles. The van der Waals surface area contributed by atoms with Crippen molar-refractivity contribution in [2.45, 2.75) is 6.92 Å². The van der Waals surface area contributed by atoms with Crippen molar-refractivity contribution in [3.63, 3.8) is 0 Å². The van der Waals surface area contributed by atoms with Crippen LogP contribution in [0.25, 0.3) is 66.6 Å². The van der Waals surface area contributed by atoms with Gasteiger partial charge in [-0.1, -0.05) is 121 Å². The summed E-state index contributed by atoms with van der Waals surface area (Å²) in [5.41, 5.74) is 8.99. The zero-order valence-electron chi connectivity index (χ0n) is 21.1. The molecule has 0 spiro atoms. The molecule has 0 bridgehead atoms. The second-order valence-electron chi connectivity index (χ2n) is 9.88. The van der Waals surface area contributed by atoms with Crippen LogP contribution in [0.3, 0.4) is 0 Å². The van der Waals surface area contributed by atoms with Crippen LogP contribution in [0.2, 0.25) is 0 Å². The van der Waals surface area contributed by atoms with E-state index < -0.39 is 0 Å². The van der Waals surface area contributed by atoms with Crippen LogP contribution in [0.5, 0.6) is 0 Å². The number of aromatic amines is 1. The average molecular weight is 487 g/mol. The molecular weight excluding hydrogens is 460 g/mol. The molecule has 0 unspecified atom stereocenters. The Kier molecular flexibility index (Phi) is 5.37. The van der Waals surface area contributed by atoms with E-state index in [9.17, 15) is 0 Å². The maximum Gasteiger partial charge on any atom is 0.138 e. The van der Waals surface area contributed by atoms with E-state index in [0.29, 0.717) is 0 Å². The molecule has 0 radical (unpaired) electrons. The summed E-state index contributed by atoms with van der Waals surface area (Å²) in [6.45, 7) is 2.14. The van der Waals surface area contributed by atoms with Gasteiger partial charge in [0.25, 0.3) is 0 Å². The van der Waals surface area contributed by atoms with Crippen LogP contribution in [0.15, 0.2) is 133 Å². The second kappa shape index (κ2) is 9.17. The molecule has 2 heteroatoms. The minimum atomic E-state index is 0.870. The zero-order valence-corrected chi connectivity index (χ0v) is 21.1. The number of benzene rings is 6. The summed E-state index contributed by atoms with van der Waals surface area (Å²) in [5, 5.41) is 5.09. The minimum Gasteiger partial charge on any atom is -0.337 e. The SMILES string of the molecule is Cc1ccc2cc3cc(-c4ccc(-c5nc(-c6ccccc6)c(-c6ccccc6)[nH]5)cc4)ccc3cc2c1. The molecule has 180 valence electrons. The van der Waals surface area contributed by atoms with E-state index in [1.165, 1.54) is 38.2 Å². The van der Waals surface area contributed by atoms with E-state index in [1.807, 2.05) is 12.1 Å². The highest BCUT2D eigenvalue weighted by atomic mass is 14.9. The lowest BCUT2D eigenvalue weighted by Gasteiger charge is -2.08. The molecule has 0 aliphatic carbocycles. The molecular formula is C36H26N2. The van der Waals surface area contributed by atoms with Crippen molar-refractivity contribution in [3.8, 4) is 45.0 Å². The average Bonchev–Trinajstić information content (AvgIpc) is 3.43. The predicted octanol–water partition coefficient (Wildman–Crippen LogP) is 9.69. The molecule has 0 aliphatic rings. The van der Waals surface area contributed by atoms with Gasteiger partial charge in [-0.2, -0.15) is 0 Å². The second-order valence-corrected chi connectivity index (χ2v) is 9.88. The number of aryl methyl sites for hydroxylation is 1. The van der Waals surface area contributed by atoms with Crippen LogP contribution < -0.4 is 0 Å². The summed E-state index contributed by atoms with van der Waals surface area (Å²) < 4.78 is 0. The fraction of sp³-hybridized carbons (Fsp3) is 0.0278. The summed E-state index contributed by atoms with van der Waals surface area (Å²) in [4.78, 5) is 8.66. The van der Waals surface area contributed by atoms with Crippen molar-refractivity contribution in [3.05, 3.63) is 139 Å². The van der Waals surface area contributed by atoms with Gasteiger partial charge in [-0.25, -0.2) is 4.98 Å². The van der Waals surface area contributed by atoms with Crippen LogP contribution in [0.4, 0.5) is 0 Å². The number of hydrogen-bond donors (Lipinski definition) is 1. The van der Waals surface area contributed by atoms with E-state index in [2.05, 4.69) is 133 Å². The van der Waals surface area contributed by atoms with Gasteiger partial charge in [0.1, 0.15) is 5.82 Å². The lowest BCUT2D eigenvalue weighted by Crippen LogP contribution is -1.84. The molecule has 7 aromatic rings. The first-order chi connectivity index (χ1) is 18.7. The zero-order chi connectivity index (χ0) is 25.5. The van der Waals surface area contributed by atoms with Gasteiger partial charge in [-0.3, -0.25) is 0 Å². The normalized spacial score (nSPS) is 11.3. The Bertz CT molecular complexity index is 1840. The van der Waals surface area contributed by atoms with Gasteiger partial charge in [-0.15, -0.1) is 0 Å². The molecule has 2 nitrogen and oxygen atoms in total. The van der Waals surface area contributed by atoms with Gasteiger partial charge in [0.2, 0.25) is 0 Å². The summed E-state index contributed by atoms with van der Waals surface area (Å²) >= 11 is 0. The van der Waals surface area contributed by atoms with E-state index in [4.69, 9.17) is 4.98 Å². The maximum absolute atomic E-state index is 5.05. The van der Waals surface area contributed by atoms with Gasteiger partial charge in [0, 0.05) is 16.7 Å². The van der Waals surface area contributed by atoms with E-state index in [1.54, 1.807) is 0 Å². The van der Waals surface area contributed by atoms with Gasteiger partial charge in [-0.05, 0) is 57.8 Å². The monoisotopic (exact) mass is 486 g/mol. The fourth-order valence-electron chi connectivity index (χ4n) is 5.25. The molecule has 1 heterocycles. The number of H-pyrrole nitrogens is 1. The van der Waals surface area contributed by atoms with Crippen LogP contribution in [-0.2, 0) is 0 Å². The Morgan fingerprint density at radius 3 is 1.74 bits per heavy atom. The third-order valence-electron chi connectivity index (χ3n) is 7.26. The van der Waals surface area contributed by atoms with Crippen molar-refractivity contribution >= 4 is 21.5 Å². The molecule has 38 heavy (non-hydrogen) atoms. The standard InChI is InChI=1S/C36H26N2/c1-24-12-13-30-23-33-21-29(18-19-31(33)22-32(30)20-24)25-14-16-28(17-15-25)36-37-34(26-8-4-2-5-9-26)35(38-36)27-10-6-3-7-11-27/h2-23H,1H3,(H,37,38). The number of rotatable bonds is 4. The van der Waals surface area contributed by atoms with Crippen LogP contribution in [0.1, 0.15) is 5.56 Å². The maximum atomic E-state index is 5.05. The molecule has 6 aromatic carbocycles.